The first-order valence-electron chi connectivity index (χ1n) is 8.83. The van der Waals surface area contributed by atoms with Gasteiger partial charge in [0.05, 0.1) is 12.0 Å². The molecule has 1 fully saturated rings. The van der Waals surface area contributed by atoms with Gasteiger partial charge in [0.25, 0.3) is 17.1 Å². The number of benzene rings is 2. The highest BCUT2D eigenvalue weighted by Gasteiger charge is 2.34. The van der Waals surface area contributed by atoms with E-state index in [1.165, 1.54) is 31.4 Å². The monoisotopic (exact) mass is 414 g/mol. The zero-order valence-corrected chi connectivity index (χ0v) is 16.7. The Kier molecular flexibility index (Phi) is 6.33. The normalized spacial score (nSPS) is 15.1. The summed E-state index contributed by atoms with van der Waals surface area (Å²) in [6.45, 7) is 2.05. The van der Waals surface area contributed by atoms with E-state index in [1.54, 1.807) is 24.3 Å². The molecule has 8 heteroatoms. The Hall–Kier alpha value is -3.13. The number of aryl methyl sites for hydroxylation is 1. The number of hydrogen-bond donors (Lipinski definition) is 1. The van der Waals surface area contributed by atoms with Crippen molar-refractivity contribution in [3.8, 4) is 5.75 Å². The molecule has 2 aromatic carbocycles. The number of thioether (sulfide) groups is 1. The molecule has 2 aromatic rings. The molecule has 0 saturated carbocycles. The highest BCUT2D eigenvalue weighted by atomic mass is 32.2. The van der Waals surface area contributed by atoms with Gasteiger partial charge in [-0.15, -0.1) is 0 Å². The maximum Gasteiger partial charge on any atom is 0.293 e. The van der Waals surface area contributed by atoms with Crippen molar-refractivity contribution in [3.05, 3.63) is 69.9 Å². The first-order valence-corrected chi connectivity index (χ1v) is 9.64. The molecule has 6 nitrogen and oxygen atoms in total. The van der Waals surface area contributed by atoms with Crippen LogP contribution in [0.3, 0.4) is 0 Å². The number of methoxy groups -OCH3 is 1. The summed E-state index contributed by atoms with van der Waals surface area (Å²) >= 11 is 0.818. The highest BCUT2D eigenvalue weighted by molar-refractivity contribution is 8.18. The van der Waals surface area contributed by atoms with Crippen LogP contribution < -0.4 is 10.1 Å². The summed E-state index contributed by atoms with van der Waals surface area (Å²) in [6.07, 6.45) is 1.54. The highest BCUT2D eigenvalue weighted by Crippen LogP contribution is 2.31. The summed E-state index contributed by atoms with van der Waals surface area (Å²) in [5, 5.41) is 2.29. The largest absolute Gasteiger partial charge is 0.496 e. The minimum absolute atomic E-state index is 0.0557. The van der Waals surface area contributed by atoms with Gasteiger partial charge in [0.2, 0.25) is 0 Å². The zero-order chi connectivity index (χ0) is 21.0. The fourth-order valence-corrected chi connectivity index (χ4v) is 3.61. The lowest BCUT2D eigenvalue weighted by molar-refractivity contribution is -0.122. The molecule has 1 heterocycles. The van der Waals surface area contributed by atoms with E-state index in [4.69, 9.17) is 4.74 Å². The molecule has 1 N–H and O–H groups in total. The van der Waals surface area contributed by atoms with Crippen molar-refractivity contribution in [3.63, 3.8) is 0 Å². The smallest absolute Gasteiger partial charge is 0.293 e. The third-order valence-electron chi connectivity index (χ3n) is 4.33. The van der Waals surface area contributed by atoms with Crippen molar-refractivity contribution >= 4 is 34.9 Å². The Morgan fingerprint density at radius 2 is 1.93 bits per heavy atom. The van der Waals surface area contributed by atoms with Crippen molar-refractivity contribution in [2.45, 2.75) is 6.92 Å². The van der Waals surface area contributed by atoms with Gasteiger partial charge < -0.3 is 10.1 Å². The predicted molar refractivity (Wildman–Crippen MR) is 109 cm³/mol. The number of halogens is 1. The minimum Gasteiger partial charge on any atom is -0.496 e. The molecule has 1 aliphatic rings. The molecule has 0 radical (unpaired) electrons. The third kappa shape index (κ3) is 4.83. The van der Waals surface area contributed by atoms with E-state index in [1.807, 2.05) is 6.92 Å². The van der Waals surface area contributed by atoms with Crippen molar-refractivity contribution < 1.29 is 23.5 Å². The molecule has 1 aliphatic heterocycles. The fraction of sp³-hybridized carbons (Fsp3) is 0.190. The van der Waals surface area contributed by atoms with E-state index < -0.39 is 11.1 Å². The molecule has 0 unspecified atom stereocenters. The Labute approximate surface area is 171 Å². The lowest BCUT2D eigenvalue weighted by Gasteiger charge is -2.13. The van der Waals surface area contributed by atoms with Crippen molar-refractivity contribution in [1.29, 1.82) is 0 Å². The van der Waals surface area contributed by atoms with Gasteiger partial charge in [-0.2, -0.15) is 0 Å². The van der Waals surface area contributed by atoms with E-state index >= 15 is 0 Å². The van der Waals surface area contributed by atoms with E-state index in [9.17, 15) is 18.8 Å². The number of carbonyl (C=O) groups is 3. The Morgan fingerprint density at radius 1 is 1.21 bits per heavy atom. The molecular formula is C21H19FN2O4S. The summed E-state index contributed by atoms with van der Waals surface area (Å²) < 4.78 is 18.2. The van der Waals surface area contributed by atoms with Crippen LogP contribution in [0.2, 0.25) is 0 Å². The topological polar surface area (TPSA) is 75.7 Å². The Bertz CT molecular complexity index is 989. The Balaban J connectivity index is 1.59. The second kappa shape index (κ2) is 8.91. The molecule has 1 saturated heterocycles. The van der Waals surface area contributed by atoms with Crippen LogP contribution in [-0.2, 0) is 4.79 Å². The summed E-state index contributed by atoms with van der Waals surface area (Å²) in [5.74, 6) is -0.528. The number of nitrogens with one attached hydrogen (secondary N) is 1. The van der Waals surface area contributed by atoms with E-state index in [0.29, 0.717) is 16.9 Å². The minimum atomic E-state index is -0.435. The van der Waals surface area contributed by atoms with Gasteiger partial charge in [0, 0.05) is 18.7 Å². The quantitative estimate of drug-likeness (QED) is 0.731. The number of imide groups is 1. The van der Waals surface area contributed by atoms with Gasteiger partial charge in [0.1, 0.15) is 11.6 Å². The molecule has 0 aliphatic carbocycles. The lowest BCUT2D eigenvalue weighted by Crippen LogP contribution is -2.37. The van der Waals surface area contributed by atoms with Crippen LogP contribution in [0.25, 0.3) is 6.08 Å². The molecular weight excluding hydrogens is 395 g/mol. The first kappa shape index (κ1) is 20.6. The lowest BCUT2D eigenvalue weighted by atomic mass is 10.1. The van der Waals surface area contributed by atoms with Gasteiger partial charge in [-0.25, -0.2) is 4.39 Å². The summed E-state index contributed by atoms with van der Waals surface area (Å²) in [6, 6.07) is 10.7. The van der Waals surface area contributed by atoms with E-state index in [-0.39, 0.29) is 29.7 Å². The fourth-order valence-electron chi connectivity index (χ4n) is 2.75. The number of hydrogen-bond acceptors (Lipinski definition) is 5. The number of nitrogens with zero attached hydrogens (tertiary/aromatic N) is 1. The van der Waals surface area contributed by atoms with Gasteiger partial charge in [-0.05, 0) is 60.2 Å². The molecule has 3 amide bonds. The number of carbonyl (C=O) groups excluding carboxylic acids is 3. The number of ether oxygens (including phenoxy) is 1. The standard InChI is InChI=1S/C21H19FN2O4S/c1-13-3-6-15(12-17(13)28-2)19(25)23-9-10-24-20(26)18(29-21(24)27)11-14-4-7-16(22)8-5-14/h3-8,11-12H,9-10H2,1-2H3,(H,23,25)/b18-11-. The molecule has 150 valence electrons. The maximum atomic E-state index is 13.0. The summed E-state index contributed by atoms with van der Waals surface area (Å²) in [5.41, 5.74) is 1.96. The second-order valence-corrected chi connectivity index (χ2v) is 7.32. The Morgan fingerprint density at radius 3 is 2.62 bits per heavy atom. The van der Waals surface area contributed by atoms with Crippen LogP contribution in [-0.4, -0.2) is 42.2 Å². The van der Waals surface area contributed by atoms with Crippen molar-refractivity contribution in [2.75, 3.05) is 20.2 Å². The molecule has 0 aromatic heterocycles. The predicted octanol–water partition coefficient (Wildman–Crippen LogP) is 3.61. The number of amides is 3. The van der Waals surface area contributed by atoms with Crippen LogP contribution in [0.1, 0.15) is 21.5 Å². The van der Waals surface area contributed by atoms with E-state index in [0.717, 1.165) is 22.2 Å². The van der Waals surface area contributed by atoms with Crippen LogP contribution in [0.15, 0.2) is 47.4 Å². The maximum absolute atomic E-state index is 13.0. The second-order valence-electron chi connectivity index (χ2n) is 6.33. The van der Waals surface area contributed by atoms with Crippen LogP contribution in [0.4, 0.5) is 9.18 Å². The first-order chi connectivity index (χ1) is 13.9. The van der Waals surface area contributed by atoms with Crippen LogP contribution in [0.5, 0.6) is 5.75 Å². The SMILES string of the molecule is COc1cc(C(=O)NCCN2C(=O)S/C(=C\c3ccc(F)cc3)C2=O)ccc1C. The molecule has 3 rings (SSSR count). The van der Waals surface area contributed by atoms with Crippen LogP contribution in [0, 0.1) is 12.7 Å². The van der Waals surface area contributed by atoms with Gasteiger partial charge in [-0.3, -0.25) is 19.3 Å². The number of rotatable bonds is 6. The molecule has 29 heavy (non-hydrogen) atoms. The van der Waals surface area contributed by atoms with Crippen molar-refractivity contribution in [1.82, 2.24) is 10.2 Å². The molecule has 0 bridgehead atoms. The average molecular weight is 414 g/mol. The molecule has 0 atom stereocenters. The summed E-state index contributed by atoms with van der Waals surface area (Å²) in [7, 11) is 1.53. The van der Waals surface area contributed by atoms with Crippen molar-refractivity contribution in [2.24, 2.45) is 0 Å². The van der Waals surface area contributed by atoms with Gasteiger partial charge in [-0.1, -0.05) is 18.2 Å². The van der Waals surface area contributed by atoms with Gasteiger partial charge in [0.15, 0.2) is 0 Å². The average Bonchev–Trinajstić information content (AvgIpc) is 2.97. The molecule has 0 spiro atoms. The van der Waals surface area contributed by atoms with Crippen LogP contribution >= 0.6 is 11.8 Å². The van der Waals surface area contributed by atoms with Gasteiger partial charge >= 0.3 is 0 Å². The zero-order valence-electron chi connectivity index (χ0n) is 15.9. The summed E-state index contributed by atoms with van der Waals surface area (Å²) in [4.78, 5) is 38.2. The van der Waals surface area contributed by atoms with E-state index in [2.05, 4.69) is 5.32 Å². The third-order valence-corrected chi connectivity index (χ3v) is 5.24.